The number of hydrogen-bond acceptors (Lipinski definition) is 6. The maximum absolute atomic E-state index is 13.2. The molecule has 0 aliphatic carbocycles. The van der Waals surface area contributed by atoms with Crippen LogP contribution in [0, 0.1) is 0 Å². The van der Waals surface area contributed by atoms with Gasteiger partial charge in [-0.2, -0.15) is 0 Å². The van der Waals surface area contributed by atoms with E-state index in [1.807, 2.05) is 6.07 Å². The van der Waals surface area contributed by atoms with Crippen molar-refractivity contribution in [3.63, 3.8) is 0 Å². The minimum Gasteiger partial charge on any atom is -0.467 e. The molecule has 0 unspecified atom stereocenters. The van der Waals surface area contributed by atoms with Crippen LogP contribution < -0.4 is 21.2 Å². The third-order valence-electron chi connectivity index (χ3n) is 5.52. The number of nitrogens with two attached hydrogens (primary N) is 1. The van der Waals surface area contributed by atoms with Gasteiger partial charge in [0.05, 0.1) is 25.5 Å². The van der Waals surface area contributed by atoms with Crippen molar-refractivity contribution in [3.05, 3.63) is 70.5 Å². The van der Waals surface area contributed by atoms with Gasteiger partial charge in [0.25, 0.3) is 17.1 Å². The number of anilines is 1. The zero-order valence-corrected chi connectivity index (χ0v) is 16.8. The lowest BCUT2D eigenvalue weighted by molar-refractivity contribution is -0.666. The molecule has 0 radical (unpaired) electrons. The molecule has 0 bridgehead atoms. The summed E-state index contributed by atoms with van der Waals surface area (Å²) in [6, 6.07) is 10.4. The zero-order chi connectivity index (χ0) is 21.4. The first-order chi connectivity index (χ1) is 15.1. The molecule has 158 valence electrons. The van der Waals surface area contributed by atoms with Gasteiger partial charge in [-0.1, -0.05) is 11.1 Å². The number of nitrogen functional groups attached to an aromatic ring is 1. The normalized spacial score (nSPS) is 16.2. The number of aromatic nitrogens is 3. The molecule has 3 N–H and O–H groups in total. The fourth-order valence-corrected chi connectivity index (χ4v) is 3.94. The number of ether oxygens (including phenoxy) is 1. The van der Waals surface area contributed by atoms with E-state index < -0.39 is 5.91 Å². The quantitative estimate of drug-likeness (QED) is 0.373. The summed E-state index contributed by atoms with van der Waals surface area (Å²) < 4.78 is 14.2. The van der Waals surface area contributed by atoms with Crippen LogP contribution in [0.1, 0.15) is 29.0 Å². The van der Waals surface area contributed by atoms with E-state index in [0.717, 1.165) is 12.8 Å². The highest BCUT2D eigenvalue weighted by Crippen LogP contribution is 2.18. The molecule has 1 amide bonds. The second kappa shape index (κ2) is 7.84. The molecular weight excluding hydrogens is 398 g/mol. The predicted octanol–water partition coefficient (Wildman–Crippen LogP) is 1.42. The van der Waals surface area contributed by atoms with Crippen LogP contribution in [-0.2, 0) is 17.8 Å². The number of nitrogens with zero attached hydrogens (tertiary/aromatic N) is 3. The van der Waals surface area contributed by atoms with Crippen LogP contribution in [0.25, 0.3) is 16.7 Å². The van der Waals surface area contributed by atoms with Crippen molar-refractivity contribution in [1.82, 2.24) is 14.7 Å². The van der Waals surface area contributed by atoms with Gasteiger partial charge in [0, 0.05) is 12.8 Å². The lowest BCUT2D eigenvalue weighted by atomic mass is 10.1. The average molecular weight is 420 g/mol. The highest BCUT2D eigenvalue weighted by molar-refractivity contribution is 6.00. The van der Waals surface area contributed by atoms with Gasteiger partial charge in [-0.3, -0.25) is 14.0 Å². The van der Waals surface area contributed by atoms with Crippen LogP contribution in [0.4, 0.5) is 5.82 Å². The summed E-state index contributed by atoms with van der Waals surface area (Å²) in [6.45, 7) is 1.31. The van der Waals surface area contributed by atoms with Crippen molar-refractivity contribution in [2.75, 3.05) is 12.3 Å². The SMILES string of the molecule is Nc1c(C(=O)NCc2ccco2)cc2c(=O)n3ccccc3nc2[n+]1C[C@H]1CCCO1. The highest BCUT2D eigenvalue weighted by Gasteiger charge is 2.27. The monoisotopic (exact) mass is 420 g/mol. The Balaban J connectivity index is 1.65. The van der Waals surface area contributed by atoms with Crippen molar-refractivity contribution in [1.29, 1.82) is 0 Å². The van der Waals surface area contributed by atoms with E-state index in [2.05, 4.69) is 10.3 Å². The number of furan rings is 1. The molecule has 9 nitrogen and oxygen atoms in total. The van der Waals surface area contributed by atoms with Gasteiger partial charge in [0.15, 0.2) is 0 Å². The number of nitrogens with one attached hydrogen (secondary N) is 1. The van der Waals surface area contributed by atoms with Crippen molar-refractivity contribution in [2.24, 2.45) is 0 Å². The highest BCUT2D eigenvalue weighted by atomic mass is 16.5. The van der Waals surface area contributed by atoms with Gasteiger partial charge in [-0.25, -0.2) is 4.57 Å². The molecule has 4 aromatic rings. The third-order valence-corrected chi connectivity index (χ3v) is 5.52. The van der Waals surface area contributed by atoms with Gasteiger partial charge in [-0.05, 0) is 43.2 Å². The van der Waals surface area contributed by atoms with Crippen LogP contribution in [-0.4, -0.2) is 28.0 Å². The molecule has 1 aliphatic heterocycles. The Labute approximate surface area is 177 Å². The first kappa shape index (κ1) is 19.3. The topological polar surface area (TPSA) is 116 Å². The molecule has 9 heteroatoms. The van der Waals surface area contributed by atoms with Gasteiger partial charge in [0.2, 0.25) is 11.5 Å². The zero-order valence-electron chi connectivity index (χ0n) is 16.8. The molecule has 1 atom stereocenters. The summed E-state index contributed by atoms with van der Waals surface area (Å²) >= 11 is 0. The fourth-order valence-electron chi connectivity index (χ4n) is 3.94. The average Bonchev–Trinajstić information content (AvgIpc) is 3.48. The minimum atomic E-state index is -0.394. The lowest BCUT2D eigenvalue weighted by Gasteiger charge is -2.15. The molecule has 0 saturated carbocycles. The number of rotatable bonds is 5. The Hall–Kier alpha value is -3.72. The first-order valence-electron chi connectivity index (χ1n) is 10.2. The summed E-state index contributed by atoms with van der Waals surface area (Å²) in [7, 11) is 0. The van der Waals surface area contributed by atoms with Crippen molar-refractivity contribution in [3.8, 4) is 0 Å². The Morgan fingerprint density at radius 3 is 3.00 bits per heavy atom. The number of fused-ring (bicyclic) bond motifs is 2. The predicted molar refractivity (Wildman–Crippen MR) is 112 cm³/mol. The number of carbonyl (C=O) groups excluding carboxylic acids is 1. The Morgan fingerprint density at radius 2 is 2.23 bits per heavy atom. The molecule has 1 aliphatic rings. The summed E-state index contributed by atoms with van der Waals surface area (Å²) in [6.07, 6.45) is 4.99. The molecule has 31 heavy (non-hydrogen) atoms. The van der Waals surface area contributed by atoms with E-state index in [-0.39, 0.29) is 29.6 Å². The number of amides is 1. The van der Waals surface area contributed by atoms with Crippen molar-refractivity contribution < 1.29 is 18.5 Å². The fraction of sp³-hybridized carbons (Fsp3) is 0.273. The lowest BCUT2D eigenvalue weighted by Crippen LogP contribution is -2.46. The number of pyridine rings is 2. The van der Waals surface area contributed by atoms with Gasteiger partial charge >= 0.3 is 0 Å². The van der Waals surface area contributed by atoms with Crippen LogP contribution in [0.5, 0.6) is 0 Å². The van der Waals surface area contributed by atoms with Crippen LogP contribution in [0.3, 0.4) is 0 Å². The third kappa shape index (κ3) is 3.53. The molecule has 1 fully saturated rings. The van der Waals surface area contributed by atoms with Gasteiger partial charge in [-0.15, -0.1) is 0 Å². The van der Waals surface area contributed by atoms with Gasteiger partial charge in [0.1, 0.15) is 16.7 Å². The maximum Gasteiger partial charge on any atom is 0.278 e. The Bertz CT molecular complexity index is 1320. The largest absolute Gasteiger partial charge is 0.467 e. The minimum absolute atomic E-state index is 0.0482. The molecule has 1 saturated heterocycles. The van der Waals surface area contributed by atoms with Crippen LogP contribution in [0.15, 0.2) is 58.1 Å². The molecule has 0 spiro atoms. The summed E-state index contributed by atoms with van der Waals surface area (Å²) in [4.78, 5) is 30.8. The molecule has 5 heterocycles. The summed E-state index contributed by atoms with van der Waals surface area (Å²) in [5, 5.41) is 3.12. The van der Waals surface area contributed by atoms with E-state index in [1.54, 1.807) is 41.3 Å². The summed E-state index contributed by atoms with van der Waals surface area (Å²) in [5.41, 5.74) is 7.34. The van der Waals surface area contributed by atoms with Crippen LogP contribution in [0.2, 0.25) is 0 Å². The van der Waals surface area contributed by atoms with Gasteiger partial charge < -0.3 is 20.2 Å². The van der Waals surface area contributed by atoms with Crippen molar-refractivity contribution in [2.45, 2.75) is 32.0 Å². The van der Waals surface area contributed by atoms with E-state index in [0.29, 0.717) is 35.6 Å². The Morgan fingerprint density at radius 1 is 1.32 bits per heavy atom. The van der Waals surface area contributed by atoms with Crippen molar-refractivity contribution >= 4 is 28.4 Å². The molecule has 0 aromatic carbocycles. The standard InChI is InChI=1S/C22H21N5O4/c23-19-16(21(28)24-12-14-5-3-9-30-14)11-17-20(27(19)13-15-6-4-10-31-15)25-18-7-1-2-8-26(18)22(17)29/h1-3,5,7-9,11,15,23H,4,6,10,12-13H2,(H,24,28)/p+1/t15-/m1/s1. The second-order valence-electron chi connectivity index (χ2n) is 7.53. The Kier molecular flexibility index (Phi) is 4.87. The first-order valence-corrected chi connectivity index (χ1v) is 10.2. The smallest absolute Gasteiger partial charge is 0.278 e. The van der Waals surface area contributed by atoms with E-state index in [9.17, 15) is 9.59 Å². The summed E-state index contributed by atoms with van der Waals surface area (Å²) in [5.74, 6) is 0.467. The van der Waals surface area contributed by atoms with E-state index in [4.69, 9.17) is 14.9 Å². The molecular formula is C22H22N5O4+. The number of carbonyl (C=O) groups is 1. The molecule has 4 aromatic heterocycles. The number of hydrogen-bond donors (Lipinski definition) is 2. The maximum atomic E-state index is 13.2. The second-order valence-corrected chi connectivity index (χ2v) is 7.53. The van der Waals surface area contributed by atoms with Crippen LogP contribution >= 0.6 is 0 Å². The molecule has 5 rings (SSSR count). The van der Waals surface area contributed by atoms with E-state index in [1.165, 1.54) is 10.5 Å². The van der Waals surface area contributed by atoms with E-state index >= 15 is 0 Å².